The van der Waals surface area contributed by atoms with Crippen LogP contribution in [0.4, 0.5) is 5.13 Å². The Labute approximate surface area is 184 Å². The molecule has 7 heteroatoms. The van der Waals surface area contributed by atoms with Crippen molar-refractivity contribution in [3.8, 4) is 21.8 Å². The van der Waals surface area contributed by atoms with Gasteiger partial charge in [-0.3, -0.25) is 5.10 Å². The number of benzene rings is 3. The van der Waals surface area contributed by atoms with Gasteiger partial charge < -0.3 is 11.1 Å². The van der Waals surface area contributed by atoms with Gasteiger partial charge in [0.05, 0.1) is 11.2 Å². The molecule has 0 aliphatic carbocycles. The van der Waals surface area contributed by atoms with E-state index in [0.29, 0.717) is 6.54 Å². The van der Waals surface area contributed by atoms with E-state index < -0.39 is 0 Å². The van der Waals surface area contributed by atoms with Crippen molar-refractivity contribution >= 4 is 27.4 Å². The zero-order valence-corrected chi connectivity index (χ0v) is 17.6. The van der Waals surface area contributed by atoms with Crippen molar-refractivity contribution in [3.63, 3.8) is 0 Å². The molecule has 0 radical (unpaired) electrons. The molecule has 0 saturated heterocycles. The maximum Gasteiger partial charge on any atom is 0.206 e. The number of fused-ring (bicyclic) bond motifs is 1. The molecule has 0 aliphatic rings. The summed E-state index contributed by atoms with van der Waals surface area (Å²) in [6, 6.07) is 26.6. The molecule has 5 rings (SSSR count). The number of aromatic amines is 1. The summed E-state index contributed by atoms with van der Waals surface area (Å²) in [5, 5.41) is 22.3. The number of nitrogens with two attached hydrogens (primary N) is 1. The summed E-state index contributed by atoms with van der Waals surface area (Å²) in [6.07, 6.45) is 0.818. The third kappa shape index (κ3) is 4.33. The second kappa shape index (κ2) is 8.67. The van der Waals surface area contributed by atoms with Crippen LogP contribution in [0.1, 0.15) is 5.56 Å². The van der Waals surface area contributed by atoms with Gasteiger partial charge in [0.2, 0.25) is 5.13 Å². The van der Waals surface area contributed by atoms with Crippen molar-refractivity contribution in [2.45, 2.75) is 12.5 Å². The molecule has 2 heterocycles. The molecule has 1 unspecified atom stereocenters. The molecule has 0 aliphatic heterocycles. The van der Waals surface area contributed by atoms with Crippen LogP contribution in [-0.2, 0) is 6.42 Å². The fraction of sp³-hybridized carbons (Fsp3) is 0.125. The Balaban J connectivity index is 1.31. The number of aromatic nitrogens is 4. The van der Waals surface area contributed by atoms with Crippen molar-refractivity contribution in [1.29, 1.82) is 0 Å². The van der Waals surface area contributed by atoms with Gasteiger partial charge in [-0.1, -0.05) is 72.0 Å². The van der Waals surface area contributed by atoms with Crippen LogP contribution >= 0.6 is 11.3 Å². The molecule has 3 aromatic carbocycles. The fourth-order valence-electron chi connectivity index (χ4n) is 3.58. The molecule has 5 aromatic rings. The Morgan fingerprint density at radius 3 is 2.48 bits per heavy atom. The first-order valence-corrected chi connectivity index (χ1v) is 11.0. The highest BCUT2D eigenvalue weighted by atomic mass is 32.1. The average molecular weight is 427 g/mol. The highest BCUT2D eigenvalue weighted by Gasteiger charge is 2.13. The minimum atomic E-state index is 0.00506. The van der Waals surface area contributed by atoms with Crippen molar-refractivity contribution in [2.75, 3.05) is 11.9 Å². The molecule has 154 valence electrons. The molecular weight excluding hydrogens is 404 g/mol. The first-order chi connectivity index (χ1) is 15.3. The van der Waals surface area contributed by atoms with E-state index in [1.54, 1.807) is 0 Å². The Morgan fingerprint density at radius 1 is 0.903 bits per heavy atom. The molecule has 4 N–H and O–H groups in total. The number of hydrogen-bond acceptors (Lipinski definition) is 6. The van der Waals surface area contributed by atoms with E-state index in [0.717, 1.165) is 44.3 Å². The molecule has 6 nitrogen and oxygen atoms in total. The van der Waals surface area contributed by atoms with Gasteiger partial charge in [0.1, 0.15) is 5.01 Å². The highest BCUT2D eigenvalue weighted by molar-refractivity contribution is 7.18. The van der Waals surface area contributed by atoms with Gasteiger partial charge in [-0.15, -0.1) is 10.2 Å². The predicted octanol–water partition coefficient (Wildman–Crippen LogP) is 4.73. The monoisotopic (exact) mass is 426 g/mol. The molecular formula is C24H22N6S. The number of nitrogens with one attached hydrogen (secondary N) is 2. The maximum absolute atomic E-state index is 6.28. The van der Waals surface area contributed by atoms with E-state index in [9.17, 15) is 0 Å². The average Bonchev–Trinajstić information content (AvgIpc) is 3.46. The van der Waals surface area contributed by atoms with Crippen LogP contribution in [0.3, 0.4) is 0 Å². The van der Waals surface area contributed by atoms with Crippen LogP contribution < -0.4 is 11.1 Å². The van der Waals surface area contributed by atoms with E-state index in [-0.39, 0.29) is 6.04 Å². The van der Waals surface area contributed by atoms with Crippen molar-refractivity contribution in [2.24, 2.45) is 5.73 Å². The lowest BCUT2D eigenvalue weighted by atomic mass is 10.1. The van der Waals surface area contributed by atoms with Crippen LogP contribution in [0, 0.1) is 0 Å². The van der Waals surface area contributed by atoms with E-state index in [1.807, 2.05) is 48.5 Å². The van der Waals surface area contributed by atoms with Gasteiger partial charge >= 0.3 is 0 Å². The van der Waals surface area contributed by atoms with Gasteiger partial charge in [-0.25, -0.2) is 0 Å². The van der Waals surface area contributed by atoms with Crippen molar-refractivity contribution in [1.82, 2.24) is 20.4 Å². The fourth-order valence-corrected chi connectivity index (χ4v) is 4.33. The molecule has 0 fully saturated rings. The summed E-state index contributed by atoms with van der Waals surface area (Å²) in [7, 11) is 0. The van der Waals surface area contributed by atoms with E-state index >= 15 is 0 Å². The summed E-state index contributed by atoms with van der Waals surface area (Å²) < 4.78 is 0. The third-order valence-corrected chi connectivity index (χ3v) is 6.07. The molecule has 0 amide bonds. The Morgan fingerprint density at radius 2 is 1.68 bits per heavy atom. The molecule has 1 atom stereocenters. The van der Waals surface area contributed by atoms with Gasteiger partial charge in [0.25, 0.3) is 0 Å². The van der Waals surface area contributed by atoms with Crippen molar-refractivity contribution in [3.05, 3.63) is 84.4 Å². The van der Waals surface area contributed by atoms with Crippen molar-refractivity contribution < 1.29 is 0 Å². The highest BCUT2D eigenvalue weighted by Crippen LogP contribution is 2.32. The first-order valence-electron chi connectivity index (χ1n) is 10.2. The van der Waals surface area contributed by atoms with E-state index in [1.165, 1.54) is 16.9 Å². The van der Waals surface area contributed by atoms with Crippen LogP contribution in [0.25, 0.3) is 32.7 Å². The molecule has 2 aromatic heterocycles. The van der Waals surface area contributed by atoms with E-state index in [4.69, 9.17) is 5.73 Å². The summed E-state index contributed by atoms with van der Waals surface area (Å²) in [6.45, 7) is 0.641. The SMILES string of the molecule is NC(CNc1nnc(-c2ccc3[nH]nc(-c4ccccc4)c3c2)s1)Cc1ccccc1. The standard InChI is InChI=1S/C24H22N6S/c25-19(13-16-7-3-1-4-8-16)15-26-24-30-29-23(31-24)18-11-12-21-20(14-18)22(28-27-21)17-9-5-2-6-10-17/h1-12,14,19H,13,15,25H2,(H,26,30)(H,27,28). The third-order valence-electron chi connectivity index (χ3n) is 5.14. The zero-order chi connectivity index (χ0) is 21.0. The van der Waals surface area contributed by atoms with E-state index in [2.05, 4.69) is 56.0 Å². The smallest absolute Gasteiger partial charge is 0.206 e. The van der Waals surface area contributed by atoms with Gasteiger partial charge in [0, 0.05) is 29.1 Å². The second-order valence-electron chi connectivity index (χ2n) is 7.44. The minimum absolute atomic E-state index is 0.00506. The number of hydrogen-bond donors (Lipinski definition) is 3. The lowest BCUT2D eigenvalue weighted by molar-refractivity contribution is 0.698. The molecule has 0 bridgehead atoms. The number of H-pyrrole nitrogens is 1. The van der Waals surface area contributed by atoms with Crippen LogP contribution in [0.15, 0.2) is 78.9 Å². The van der Waals surface area contributed by atoms with Crippen LogP contribution in [0.5, 0.6) is 0 Å². The summed E-state index contributed by atoms with van der Waals surface area (Å²) in [5.74, 6) is 0. The second-order valence-corrected chi connectivity index (χ2v) is 8.42. The van der Waals surface area contributed by atoms with Crippen LogP contribution in [-0.4, -0.2) is 33.0 Å². The number of anilines is 1. The van der Waals surface area contributed by atoms with Crippen LogP contribution in [0.2, 0.25) is 0 Å². The van der Waals surface area contributed by atoms with Gasteiger partial charge in [-0.2, -0.15) is 5.10 Å². The number of nitrogens with zero attached hydrogens (tertiary/aromatic N) is 3. The maximum atomic E-state index is 6.28. The Hall–Kier alpha value is -3.55. The molecule has 0 spiro atoms. The molecule has 0 saturated carbocycles. The van der Waals surface area contributed by atoms with Gasteiger partial charge in [-0.05, 0) is 30.2 Å². The lowest BCUT2D eigenvalue weighted by Crippen LogP contribution is -2.31. The van der Waals surface area contributed by atoms with Gasteiger partial charge in [0.15, 0.2) is 0 Å². The Kier molecular flexibility index (Phi) is 5.43. The summed E-state index contributed by atoms with van der Waals surface area (Å²) in [5.41, 5.74) is 11.5. The lowest BCUT2D eigenvalue weighted by Gasteiger charge is -2.11. The quantitative estimate of drug-likeness (QED) is 0.350. The zero-order valence-electron chi connectivity index (χ0n) is 16.8. The largest absolute Gasteiger partial charge is 0.359 e. The summed E-state index contributed by atoms with van der Waals surface area (Å²) >= 11 is 1.53. The Bertz CT molecular complexity index is 1280. The predicted molar refractivity (Wildman–Crippen MR) is 127 cm³/mol. The minimum Gasteiger partial charge on any atom is -0.359 e. The normalized spacial score (nSPS) is 12.2. The summed E-state index contributed by atoms with van der Waals surface area (Å²) in [4.78, 5) is 0. The topological polar surface area (TPSA) is 92.5 Å². The first kappa shape index (κ1) is 19.4. The number of rotatable bonds is 7. The molecule has 31 heavy (non-hydrogen) atoms.